The normalized spacial score (nSPS) is 17.5. The lowest BCUT2D eigenvalue weighted by Gasteiger charge is -2.35. The van der Waals surface area contributed by atoms with Crippen molar-refractivity contribution in [3.05, 3.63) is 16.0 Å². The third kappa shape index (κ3) is 3.28. The molecule has 0 bridgehead atoms. The van der Waals surface area contributed by atoms with Crippen molar-refractivity contribution in [3.8, 4) is 0 Å². The molecule has 1 aliphatic heterocycles. The van der Waals surface area contributed by atoms with Crippen LogP contribution in [0.15, 0.2) is 10.7 Å². The molecule has 0 unspecified atom stereocenters. The van der Waals surface area contributed by atoms with Crippen molar-refractivity contribution in [1.82, 2.24) is 14.9 Å². The number of anilines is 1. The molecule has 0 radical (unpaired) electrons. The number of hydrogen-bond donors (Lipinski definition) is 1. The van der Waals surface area contributed by atoms with Crippen molar-refractivity contribution in [2.75, 3.05) is 44.2 Å². The second kappa shape index (κ2) is 5.95. The first-order valence-corrected chi connectivity index (χ1v) is 6.64. The van der Waals surface area contributed by atoms with Crippen LogP contribution in [-0.2, 0) is 0 Å². The lowest BCUT2D eigenvalue weighted by molar-refractivity contribution is 0.188. The Kier molecular flexibility index (Phi) is 4.55. The Labute approximate surface area is 114 Å². The molecule has 0 atom stereocenters. The molecule has 0 aliphatic carbocycles. The van der Waals surface area contributed by atoms with Crippen LogP contribution in [0, 0.1) is 0 Å². The quantitative estimate of drug-likeness (QED) is 0.842. The third-order valence-electron chi connectivity index (χ3n) is 2.78. The smallest absolute Gasteiger partial charge is 0.224 e. The van der Waals surface area contributed by atoms with E-state index >= 15 is 0 Å². The van der Waals surface area contributed by atoms with Crippen LogP contribution >= 0.6 is 27.5 Å². The first-order chi connectivity index (χ1) is 8.20. The molecule has 0 amide bonds. The van der Waals surface area contributed by atoms with Crippen LogP contribution in [0.5, 0.6) is 0 Å². The topological polar surface area (TPSA) is 52.5 Å². The predicted octanol–water partition coefficient (Wildman–Crippen LogP) is 1.01. The number of aliphatic hydroxyl groups is 1. The Morgan fingerprint density at radius 2 is 2.06 bits per heavy atom. The summed E-state index contributed by atoms with van der Waals surface area (Å²) in [7, 11) is 0. The Bertz CT molecular complexity index is 385. The molecule has 2 rings (SSSR count). The molecule has 2 heterocycles. The minimum atomic E-state index is 0.211. The lowest BCUT2D eigenvalue weighted by Crippen LogP contribution is -2.47. The van der Waals surface area contributed by atoms with Crippen molar-refractivity contribution >= 4 is 33.3 Å². The van der Waals surface area contributed by atoms with Gasteiger partial charge in [-0.25, -0.2) is 4.98 Å². The zero-order valence-corrected chi connectivity index (χ0v) is 11.7. The monoisotopic (exact) mass is 320 g/mol. The lowest BCUT2D eigenvalue weighted by atomic mass is 10.3. The van der Waals surface area contributed by atoms with Crippen LogP contribution in [0.25, 0.3) is 0 Å². The second-order valence-corrected chi connectivity index (χ2v) is 5.06. The average Bonchev–Trinajstić information content (AvgIpc) is 2.34. The number of piperazine rings is 1. The molecule has 0 spiro atoms. The molecule has 0 aromatic carbocycles. The van der Waals surface area contributed by atoms with Gasteiger partial charge in [0.05, 0.1) is 11.1 Å². The van der Waals surface area contributed by atoms with Gasteiger partial charge in [0.1, 0.15) is 5.82 Å². The summed E-state index contributed by atoms with van der Waals surface area (Å²) in [5.41, 5.74) is 0. The number of nitrogens with zero attached hydrogens (tertiary/aromatic N) is 4. The minimum Gasteiger partial charge on any atom is -0.395 e. The van der Waals surface area contributed by atoms with Crippen molar-refractivity contribution in [3.63, 3.8) is 0 Å². The first kappa shape index (κ1) is 13.0. The molecule has 17 heavy (non-hydrogen) atoms. The average molecular weight is 322 g/mol. The predicted molar refractivity (Wildman–Crippen MR) is 70.5 cm³/mol. The second-order valence-electron chi connectivity index (χ2n) is 3.86. The van der Waals surface area contributed by atoms with Crippen molar-refractivity contribution in [2.24, 2.45) is 0 Å². The summed E-state index contributed by atoms with van der Waals surface area (Å²) in [5.74, 6) is 0.841. The number of hydrogen-bond acceptors (Lipinski definition) is 5. The van der Waals surface area contributed by atoms with Gasteiger partial charge < -0.3 is 10.0 Å². The van der Waals surface area contributed by atoms with Gasteiger partial charge in [0.2, 0.25) is 5.28 Å². The van der Waals surface area contributed by atoms with E-state index in [4.69, 9.17) is 16.7 Å². The van der Waals surface area contributed by atoms with Crippen LogP contribution in [0.1, 0.15) is 0 Å². The number of β-amino-alcohol motifs (C(OH)–C–C–N with tert-alkyl or cyclic N) is 1. The third-order valence-corrected chi connectivity index (χ3v) is 3.53. The number of aromatic nitrogens is 2. The fourth-order valence-electron chi connectivity index (χ4n) is 1.88. The zero-order valence-electron chi connectivity index (χ0n) is 9.31. The summed E-state index contributed by atoms with van der Waals surface area (Å²) < 4.78 is 0.859. The fourth-order valence-corrected chi connectivity index (χ4v) is 2.45. The van der Waals surface area contributed by atoms with E-state index in [2.05, 4.69) is 35.7 Å². The van der Waals surface area contributed by atoms with Crippen molar-refractivity contribution in [1.29, 1.82) is 0 Å². The van der Waals surface area contributed by atoms with Gasteiger partial charge in [-0.05, 0) is 27.5 Å². The summed E-state index contributed by atoms with van der Waals surface area (Å²) in [6.07, 6.45) is 1.67. The van der Waals surface area contributed by atoms with E-state index in [1.807, 2.05) is 0 Å². The maximum atomic E-state index is 8.88. The SMILES string of the molecule is OCCN1CCN(c2nc(Cl)ncc2Br)CC1. The van der Waals surface area contributed by atoms with Crippen molar-refractivity contribution < 1.29 is 5.11 Å². The van der Waals surface area contributed by atoms with E-state index in [1.165, 1.54) is 0 Å². The molecule has 94 valence electrons. The summed E-state index contributed by atoms with van der Waals surface area (Å²) in [4.78, 5) is 12.6. The molecular weight excluding hydrogens is 307 g/mol. The van der Waals surface area contributed by atoms with Gasteiger partial charge in [-0.2, -0.15) is 4.98 Å². The van der Waals surface area contributed by atoms with Crippen LogP contribution in [0.3, 0.4) is 0 Å². The van der Waals surface area contributed by atoms with E-state index in [0.717, 1.165) is 43.0 Å². The van der Waals surface area contributed by atoms with E-state index in [9.17, 15) is 0 Å². The van der Waals surface area contributed by atoms with Gasteiger partial charge in [-0.1, -0.05) is 0 Å². The van der Waals surface area contributed by atoms with Gasteiger partial charge in [-0.3, -0.25) is 4.90 Å². The zero-order chi connectivity index (χ0) is 12.3. The summed E-state index contributed by atoms with van der Waals surface area (Å²) in [5, 5.41) is 9.15. The molecule has 1 aliphatic rings. The fraction of sp³-hybridized carbons (Fsp3) is 0.600. The highest BCUT2D eigenvalue weighted by Crippen LogP contribution is 2.25. The number of aliphatic hydroxyl groups excluding tert-OH is 1. The highest BCUT2D eigenvalue weighted by Gasteiger charge is 2.19. The molecule has 1 saturated heterocycles. The van der Waals surface area contributed by atoms with E-state index in [1.54, 1.807) is 6.20 Å². The molecule has 0 saturated carbocycles. The highest BCUT2D eigenvalue weighted by molar-refractivity contribution is 9.10. The molecule has 1 fully saturated rings. The summed E-state index contributed by atoms with van der Waals surface area (Å²) in [6, 6.07) is 0. The maximum Gasteiger partial charge on any atom is 0.224 e. The standard InChI is InChI=1S/C10H14BrClN4O/c11-8-7-13-10(12)14-9(8)16-3-1-15(2-4-16)5-6-17/h7,17H,1-6H2. The molecule has 7 heteroatoms. The Hall–Kier alpha value is -0.430. The van der Waals surface area contributed by atoms with Gasteiger partial charge in [0, 0.05) is 38.9 Å². The van der Waals surface area contributed by atoms with Crippen LogP contribution in [-0.4, -0.2) is 59.3 Å². The molecule has 1 aromatic heterocycles. The highest BCUT2D eigenvalue weighted by atomic mass is 79.9. The number of halogens is 2. The van der Waals surface area contributed by atoms with E-state index in [0.29, 0.717) is 0 Å². The molecular formula is C10H14BrClN4O. The Balaban J connectivity index is 2.02. The van der Waals surface area contributed by atoms with E-state index < -0.39 is 0 Å². The van der Waals surface area contributed by atoms with Crippen LogP contribution < -0.4 is 4.90 Å². The van der Waals surface area contributed by atoms with Crippen molar-refractivity contribution in [2.45, 2.75) is 0 Å². The number of rotatable bonds is 3. The van der Waals surface area contributed by atoms with Gasteiger partial charge in [0.15, 0.2) is 0 Å². The minimum absolute atomic E-state index is 0.211. The first-order valence-electron chi connectivity index (χ1n) is 5.47. The van der Waals surface area contributed by atoms with Gasteiger partial charge in [-0.15, -0.1) is 0 Å². The summed E-state index contributed by atoms with van der Waals surface area (Å²) in [6.45, 7) is 4.56. The molecule has 1 aromatic rings. The van der Waals surface area contributed by atoms with Gasteiger partial charge >= 0.3 is 0 Å². The molecule has 5 nitrogen and oxygen atoms in total. The molecule has 1 N–H and O–H groups in total. The van der Waals surface area contributed by atoms with Gasteiger partial charge in [0.25, 0.3) is 0 Å². The van der Waals surface area contributed by atoms with Crippen LogP contribution in [0.4, 0.5) is 5.82 Å². The Morgan fingerprint density at radius 3 is 2.71 bits per heavy atom. The van der Waals surface area contributed by atoms with Crippen LogP contribution in [0.2, 0.25) is 5.28 Å². The maximum absolute atomic E-state index is 8.88. The summed E-state index contributed by atoms with van der Waals surface area (Å²) >= 11 is 9.23. The Morgan fingerprint density at radius 1 is 1.35 bits per heavy atom. The largest absolute Gasteiger partial charge is 0.395 e. The van der Waals surface area contributed by atoms with E-state index in [-0.39, 0.29) is 11.9 Å².